The van der Waals surface area contributed by atoms with Crippen molar-refractivity contribution >= 4 is 11.8 Å². The molecule has 0 aliphatic heterocycles. The van der Waals surface area contributed by atoms with E-state index in [4.69, 9.17) is 5.11 Å². The van der Waals surface area contributed by atoms with Gasteiger partial charge in [-0.15, -0.1) is 11.8 Å². The normalized spacial score (nSPS) is 12.9. The quantitative estimate of drug-likeness (QED) is 0.724. The summed E-state index contributed by atoms with van der Waals surface area (Å²) in [7, 11) is 0. The molecule has 1 atom stereocenters. The van der Waals surface area contributed by atoms with Crippen molar-refractivity contribution in [1.82, 2.24) is 0 Å². The molecular formula is C10H14OS. The van der Waals surface area contributed by atoms with E-state index in [0.717, 1.165) is 6.42 Å². The van der Waals surface area contributed by atoms with E-state index in [1.165, 1.54) is 10.5 Å². The van der Waals surface area contributed by atoms with E-state index >= 15 is 0 Å². The minimum atomic E-state index is -0.245. The van der Waals surface area contributed by atoms with Gasteiger partial charge in [0.15, 0.2) is 0 Å². The highest BCUT2D eigenvalue weighted by Crippen LogP contribution is 2.15. The Morgan fingerprint density at radius 1 is 1.33 bits per heavy atom. The van der Waals surface area contributed by atoms with Crippen molar-refractivity contribution in [2.24, 2.45) is 0 Å². The molecule has 1 aromatic carbocycles. The molecule has 12 heavy (non-hydrogen) atoms. The van der Waals surface area contributed by atoms with E-state index < -0.39 is 0 Å². The molecule has 0 saturated carbocycles. The molecule has 0 spiro atoms. The van der Waals surface area contributed by atoms with Crippen molar-refractivity contribution in [3.8, 4) is 0 Å². The lowest BCUT2D eigenvalue weighted by molar-refractivity contribution is 0.195. The Hall–Kier alpha value is -0.470. The maximum atomic E-state index is 9.13. The number of rotatable bonds is 3. The van der Waals surface area contributed by atoms with Gasteiger partial charge in [0, 0.05) is 4.90 Å². The average Bonchev–Trinajstić information content (AvgIpc) is 2.05. The van der Waals surface area contributed by atoms with Gasteiger partial charge in [0.1, 0.15) is 0 Å². The molecule has 1 nitrogen and oxygen atoms in total. The molecule has 0 bridgehead atoms. The monoisotopic (exact) mass is 182 g/mol. The Morgan fingerprint density at radius 2 is 1.92 bits per heavy atom. The summed E-state index contributed by atoms with van der Waals surface area (Å²) in [5.74, 6) is 0. The first-order valence-corrected chi connectivity index (χ1v) is 5.26. The molecule has 0 amide bonds. The summed E-state index contributed by atoms with van der Waals surface area (Å²) in [5.41, 5.74) is 1.20. The summed E-state index contributed by atoms with van der Waals surface area (Å²) >= 11 is 1.73. The molecule has 0 fully saturated rings. The van der Waals surface area contributed by atoms with Gasteiger partial charge in [-0.2, -0.15) is 0 Å². The Balaban J connectivity index is 2.65. The van der Waals surface area contributed by atoms with Gasteiger partial charge in [-0.3, -0.25) is 0 Å². The van der Waals surface area contributed by atoms with Crippen LogP contribution in [-0.2, 0) is 6.42 Å². The number of thioether (sulfide) groups is 1. The van der Waals surface area contributed by atoms with Gasteiger partial charge in [-0.05, 0) is 37.3 Å². The lowest BCUT2D eigenvalue weighted by atomic mass is 10.1. The Labute approximate surface area is 77.8 Å². The van der Waals surface area contributed by atoms with E-state index in [0.29, 0.717) is 0 Å². The second-order valence-corrected chi connectivity index (χ2v) is 3.78. The molecule has 0 saturated heterocycles. The van der Waals surface area contributed by atoms with Gasteiger partial charge < -0.3 is 5.11 Å². The van der Waals surface area contributed by atoms with Gasteiger partial charge >= 0.3 is 0 Å². The Kier molecular flexibility index (Phi) is 3.63. The fourth-order valence-corrected chi connectivity index (χ4v) is 1.51. The summed E-state index contributed by atoms with van der Waals surface area (Å²) in [5, 5.41) is 9.13. The van der Waals surface area contributed by atoms with Gasteiger partial charge in [-0.1, -0.05) is 12.1 Å². The Bertz CT molecular complexity index is 228. The number of hydrogen-bond acceptors (Lipinski definition) is 2. The third kappa shape index (κ3) is 2.88. The van der Waals surface area contributed by atoms with Crippen LogP contribution >= 0.6 is 11.8 Å². The second kappa shape index (κ2) is 4.53. The van der Waals surface area contributed by atoms with Crippen LogP contribution in [0.2, 0.25) is 0 Å². The predicted molar refractivity (Wildman–Crippen MR) is 53.6 cm³/mol. The highest BCUT2D eigenvalue weighted by molar-refractivity contribution is 7.98. The third-order valence-electron chi connectivity index (χ3n) is 1.69. The zero-order valence-corrected chi connectivity index (χ0v) is 8.27. The lowest BCUT2D eigenvalue weighted by Gasteiger charge is -2.04. The maximum Gasteiger partial charge on any atom is 0.0552 e. The summed E-state index contributed by atoms with van der Waals surface area (Å²) in [6.45, 7) is 1.81. The minimum absolute atomic E-state index is 0.245. The molecule has 0 aromatic heterocycles. The van der Waals surface area contributed by atoms with E-state index in [9.17, 15) is 0 Å². The Morgan fingerprint density at radius 3 is 2.33 bits per heavy atom. The molecule has 0 aliphatic carbocycles. The van der Waals surface area contributed by atoms with Crippen LogP contribution in [0.25, 0.3) is 0 Å². The molecule has 1 N–H and O–H groups in total. The van der Waals surface area contributed by atoms with Gasteiger partial charge in [0.2, 0.25) is 0 Å². The fourth-order valence-electron chi connectivity index (χ4n) is 1.10. The van der Waals surface area contributed by atoms with Crippen molar-refractivity contribution in [2.75, 3.05) is 6.26 Å². The number of aliphatic hydroxyl groups is 1. The highest BCUT2D eigenvalue weighted by Gasteiger charge is 1.98. The van der Waals surface area contributed by atoms with Crippen molar-refractivity contribution in [2.45, 2.75) is 24.3 Å². The fraction of sp³-hybridized carbons (Fsp3) is 0.400. The van der Waals surface area contributed by atoms with Crippen LogP contribution in [0.1, 0.15) is 12.5 Å². The summed E-state index contributed by atoms with van der Waals surface area (Å²) in [6.07, 6.45) is 2.56. The highest BCUT2D eigenvalue weighted by atomic mass is 32.2. The summed E-state index contributed by atoms with van der Waals surface area (Å²) < 4.78 is 0. The molecule has 0 unspecified atom stereocenters. The van der Waals surface area contributed by atoms with Crippen LogP contribution in [-0.4, -0.2) is 17.5 Å². The first kappa shape index (κ1) is 9.62. The van der Waals surface area contributed by atoms with Crippen LogP contribution in [0, 0.1) is 0 Å². The van der Waals surface area contributed by atoms with Crippen LogP contribution in [0.3, 0.4) is 0 Å². The molecule has 0 heterocycles. The molecular weight excluding hydrogens is 168 g/mol. The third-order valence-corrected chi connectivity index (χ3v) is 2.43. The molecule has 66 valence electrons. The second-order valence-electron chi connectivity index (χ2n) is 2.90. The van der Waals surface area contributed by atoms with E-state index in [-0.39, 0.29) is 6.10 Å². The van der Waals surface area contributed by atoms with Crippen molar-refractivity contribution in [3.05, 3.63) is 29.8 Å². The molecule has 0 aliphatic rings. The van der Waals surface area contributed by atoms with E-state index in [2.05, 4.69) is 30.5 Å². The number of aliphatic hydroxyl groups excluding tert-OH is 1. The molecule has 2 heteroatoms. The molecule has 0 radical (unpaired) electrons. The zero-order valence-electron chi connectivity index (χ0n) is 7.45. The van der Waals surface area contributed by atoms with E-state index in [1.54, 1.807) is 11.8 Å². The van der Waals surface area contributed by atoms with Gasteiger partial charge in [-0.25, -0.2) is 0 Å². The number of hydrogen-bond donors (Lipinski definition) is 1. The first-order valence-electron chi connectivity index (χ1n) is 4.03. The van der Waals surface area contributed by atoms with Crippen LogP contribution < -0.4 is 0 Å². The molecule has 1 aromatic rings. The van der Waals surface area contributed by atoms with Gasteiger partial charge in [0.25, 0.3) is 0 Å². The SMILES string of the molecule is CSc1ccc(C[C@@H](C)O)cc1. The van der Waals surface area contributed by atoms with Crippen LogP contribution in [0.15, 0.2) is 29.2 Å². The van der Waals surface area contributed by atoms with Crippen LogP contribution in [0.4, 0.5) is 0 Å². The standard InChI is InChI=1S/C10H14OS/c1-8(11)7-9-3-5-10(12-2)6-4-9/h3-6,8,11H,7H2,1-2H3/t8-/m1/s1. The zero-order chi connectivity index (χ0) is 8.97. The van der Waals surface area contributed by atoms with Crippen molar-refractivity contribution in [3.63, 3.8) is 0 Å². The minimum Gasteiger partial charge on any atom is -0.393 e. The summed E-state index contributed by atoms with van der Waals surface area (Å²) in [6, 6.07) is 8.31. The first-order chi connectivity index (χ1) is 5.72. The maximum absolute atomic E-state index is 9.13. The number of benzene rings is 1. The predicted octanol–water partition coefficient (Wildman–Crippen LogP) is 2.33. The van der Waals surface area contributed by atoms with Crippen LogP contribution in [0.5, 0.6) is 0 Å². The van der Waals surface area contributed by atoms with Crippen molar-refractivity contribution in [1.29, 1.82) is 0 Å². The van der Waals surface area contributed by atoms with E-state index in [1.807, 2.05) is 6.92 Å². The topological polar surface area (TPSA) is 20.2 Å². The molecule has 1 rings (SSSR count). The largest absolute Gasteiger partial charge is 0.393 e. The lowest BCUT2D eigenvalue weighted by Crippen LogP contribution is -2.03. The smallest absolute Gasteiger partial charge is 0.0552 e. The van der Waals surface area contributed by atoms with Gasteiger partial charge in [0.05, 0.1) is 6.10 Å². The van der Waals surface area contributed by atoms with Crippen molar-refractivity contribution < 1.29 is 5.11 Å². The summed E-state index contributed by atoms with van der Waals surface area (Å²) in [4.78, 5) is 1.27. The average molecular weight is 182 g/mol.